The van der Waals surface area contributed by atoms with Crippen molar-refractivity contribution in [2.75, 3.05) is 13.2 Å². The highest BCUT2D eigenvalue weighted by Crippen LogP contribution is 2.22. The van der Waals surface area contributed by atoms with Gasteiger partial charge in [-0.05, 0) is 25.7 Å². The molecule has 0 rings (SSSR count). The van der Waals surface area contributed by atoms with Crippen molar-refractivity contribution in [2.24, 2.45) is 0 Å². The van der Waals surface area contributed by atoms with Gasteiger partial charge >= 0.3 is 5.97 Å². The molecule has 0 aromatic heterocycles. The number of ether oxygens (including phenoxy) is 1. The summed E-state index contributed by atoms with van der Waals surface area (Å²) in [5.74, 6) is 0.00838. The molecular formula is C92H183NO5. The van der Waals surface area contributed by atoms with Crippen LogP contribution in [-0.2, 0) is 14.3 Å². The van der Waals surface area contributed by atoms with Crippen LogP contribution in [0.1, 0.15) is 553 Å². The molecule has 2 unspecified atom stereocenters. The van der Waals surface area contributed by atoms with Crippen molar-refractivity contribution in [1.82, 2.24) is 5.32 Å². The number of amides is 1. The zero-order valence-corrected chi connectivity index (χ0v) is 67.6. The Hall–Kier alpha value is -1.14. The van der Waals surface area contributed by atoms with Crippen LogP contribution in [0.4, 0.5) is 0 Å². The maximum absolute atomic E-state index is 12.6. The second-order valence-corrected chi connectivity index (χ2v) is 32.4. The van der Waals surface area contributed by atoms with Crippen LogP contribution in [0.15, 0.2) is 0 Å². The quantitative estimate of drug-likeness (QED) is 0.0417. The minimum absolute atomic E-state index is 0.0217. The highest BCUT2D eigenvalue weighted by atomic mass is 16.5. The summed E-state index contributed by atoms with van der Waals surface area (Å²) in [6.45, 7) is 5.04. The Bertz CT molecular complexity index is 1450. The second kappa shape index (κ2) is 88.3. The number of carbonyl (C=O) groups is 2. The van der Waals surface area contributed by atoms with E-state index < -0.39 is 12.1 Å². The zero-order valence-electron chi connectivity index (χ0n) is 67.6. The summed E-state index contributed by atoms with van der Waals surface area (Å²) in [6.07, 6.45) is 113. The predicted octanol–water partition coefficient (Wildman–Crippen LogP) is 31.2. The summed E-state index contributed by atoms with van der Waals surface area (Å²) in [5.41, 5.74) is 0. The lowest BCUT2D eigenvalue weighted by molar-refractivity contribution is -0.143. The molecule has 1 amide bonds. The molecular weight excluding hydrogens is 1200 g/mol. The third kappa shape index (κ3) is 83.8. The van der Waals surface area contributed by atoms with Gasteiger partial charge in [0.05, 0.1) is 25.4 Å². The van der Waals surface area contributed by atoms with E-state index in [4.69, 9.17) is 4.74 Å². The lowest BCUT2D eigenvalue weighted by atomic mass is 10.0. The molecule has 0 saturated heterocycles. The van der Waals surface area contributed by atoms with Crippen molar-refractivity contribution in [3.05, 3.63) is 0 Å². The van der Waals surface area contributed by atoms with Crippen LogP contribution >= 0.6 is 0 Å². The number of hydrogen-bond acceptors (Lipinski definition) is 5. The van der Waals surface area contributed by atoms with E-state index in [1.54, 1.807) is 0 Å². The molecule has 0 aromatic rings. The molecule has 0 aliphatic carbocycles. The van der Waals surface area contributed by atoms with E-state index in [-0.39, 0.29) is 18.5 Å². The lowest BCUT2D eigenvalue weighted by Crippen LogP contribution is -2.45. The normalized spacial score (nSPS) is 12.3. The van der Waals surface area contributed by atoms with Gasteiger partial charge in [0.25, 0.3) is 0 Å². The van der Waals surface area contributed by atoms with Gasteiger partial charge in [0, 0.05) is 12.8 Å². The fourth-order valence-electron chi connectivity index (χ4n) is 15.4. The third-order valence-corrected chi connectivity index (χ3v) is 22.4. The topological polar surface area (TPSA) is 95.9 Å². The van der Waals surface area contributed by atoms with Gasteiger partial charge in [0.1, 0.15) is 0 Å². The fraction of sp³-hybridized carbons (Fsp3) is 0.978. The van der Waals surface area contributed by atoms with Crippen molar-refractivity contribution >= 4 is 11.9 Å². The van der Waals surface area contributed by atoms with Crippen LogP contribution in [0.25, 0.3) is 0 Å². The van der Waals surface area contributed by atoms with Gasteiger partial charge in [-0.1, -0.05) is 515 Å². The van der Waals surface area contributed by atoms with E-state index in [1.807, 2.05) is 0 Å². The maximum atomic E-state index is 12.6. The minimum atomic E-state index is -0.661. The lowest BCUT2D eigenvalue weighted by Gasteiger charge is -2.22. The van der Waals surface area contributed by atoms with Crippen LogP contribution in [0.2, 0.25) is 0 Å². The number of rotatable bonds is 89. The average molecular weight is 1380 g/mol. The molecule has 0 aliphatic rings. The summed E-state index contributed by atoms with van der Waals surface area (Å²) >= 11 is 0. The van der Waals surface area contributed by atoms with Crippen LogP contribution in [-0.4, -0.2) is 47.4 Å². The Balaban J connectivity index is 3.29. The molecule has 0 aromatic carbocycles. The number of aliphatic hydroxyl groups is 2. The maximum Gasteiger partial charge on any atom is 0.305 e. The molecule has 586 valence electrons. The highest BCUT2D eigenvalue weighted by molar-refractivity contribution is 5.76. The first-order valence-corrected chi connectivity index (χ1v) is 46.3. The van der Waals surface area contributed by atoms with Gasteiger partial charge in [-0.25, -0.2) is 0 Å². The zero-order chi connectivity index (χ0) is 70.5. The Kier molecular flexibility index (Phi) is 87.2. The van der Waals surface area contributed by atoms with Crippen molar-refractivity contribution in [1.29, 1.82) is 0 Å². The van der Waals surface area contributed by atoms with Crippen LogP contribution in [0.5, 0.6) is 0 Å². The first-order chi connectivity index (χ1) is 48.5. The average Bonchev–Trinajstić information content (AvgIpc) is 1.58. The predicted molar refractivity (Wildman–Crippen MR) is 435 cm³/mol. The van der Waals surface area contributed by atoms with E-state index >= 15 is 0 Å². The van der Waals surface area contributed by atoms with Gasteiger partial charge < -0.3 is 20.3 Å². The first-order valence-electron chi connectivity index (χ1n) is 46.3. The molecule has 0 aliphatic heterocycles. The Morgan fingerprint density at radius 3 is 0.622 bits per heavy atom. The van der Waals surface area contributed by atoms with Gasteiger partial charge in [-0.2, -0.15) is 0 Å². The van der Waals surface area contributed by atoms with E-state index in [9.17, 15) is 19.8 Å². The SMILES string of the molecule is CCCCCCCCCCCCCCCCCCCCCCCCCCCC(O)C(CO)NC(=O)CCCCCCCCCCCCCCCCCCCCCCCCCCCCCCCCCCCCCCCOC(=O)CCCCCCCCCCCCCCCCCCCCC. The fourth-order valence-corrected chi connectivity index (χ4v) is 15.4. The van der Waals surface area contributed by atoms with Gasteiger partial charge in [0.15, 0.2) is 0 Å². The minimum Gasteiger partial charge on any atom is -0.466 e. The standard InChI is InChI=1S/C92H183NO5/c1-3-5-7-9-11-13-15-17-19-21-23-24-25-39-42-45-49-52-56-60-64-68-72-76-80-84-90(95)89(88-94)93-91(96)85-81-77-73-69-65-61-57-53-50-46-43-40-37-35-33-31-29-27-26-28-30-32-34-36-38-41-44-47-51-55-59-63-67-71-75-79-83-87-98-92(97)86-82-78-74-70-66-62-58-54-48-22-20-18-16-14-12-10-8-6-4-2/h89-90,94-95H,3-88H2,1-2H3,(H,93,96). The number of carbonyl (C=O) groups excluding carboxylic acids is 2. The van der Waals surface area contributed by atoms with Crippen molar-refractivity contribution in [2.45, 2.75) is 565 Å². The number of unbranched alkanes of at least 4 members (excludes halogenated alkanes) is 78. The summed E-state index contributed by atoms with van der Waals surface area (Å²) in [5, 5.41) is 23.5. The van der Waals surface area contributed by atoms with E-state index in [0.717, 1.165) is 38.5 Å². The molecule has 0 bridgehead atoms. The molecule has 6 nitrogen and oxygen atoms in total. The van der Waals surface area contributed by atoms with Gasteiger partial charge in [0.2, 0.25) is 5.91 Å². The van der Waals surface area contributed by atoms with Crippen LogP contribution in [0, 0.1) is 0 Å². The molecule has 98 heavy (non-hydrogen) atoms. The highest BCUT2D eigenvalue weighted by Gasteiger charge is 2.20. The largest absolute Gasteiger partial charge is 0.466 e. The molecule has 0 saturated carbocycles. The molecule has 6 heteroatoms. The Morgan fingerprint density at radius 1 is 0.245 bits per heavy atom. The monoisotopic (exact) mass is 1380 g/mol. The van der Waals surface area contributed by atoms with Crippen molar-refractivity contribution < 1.29 is 24.5 Å². The number of hydrogen-bond donors (Lipinski definition) is 3. The number of nitrogens with one attached hydrogen (secondary N) is 1. The van der Waals surface area contributed by atoms with E-state index in [0.29, 0.717) is 25.9 Å². The van der Waals surface area contributed by atoms with Gasteiger partial charge in [-0.3, -0.25) is 9.59 Å². The first kappa shape index (κ1) is 96.9. The van der Waals surface area contributed by atoms with Crippen LogP contribution < -0.4 is 5.32 Å². The number of esters is 1. The molecule has 3 N–H and O–H groups in total. The van der Waals surface area contributed by atoms with Gasteiger partial charge in [-0.15, -0.1) is 0 Å². The van der Waals surface area contributed by atoms with Crippen molar-refractivity contribution in [3.8, 4) is 0 Å². The van der Waals surface area contributed by atoms with E-state index in [2.05, 4.69) is 19.2 Å². The third-order valence-electron chi connectivity index (χ3n) is 22.4. The summed E-state index contributed by atoms with van der Waals surface area (Å²) < 4.78 is 5.53. The second-order valence-electron chi connectivity index (χ2n) is 32.4. The smallest absolute Gasteiger partial charge is 0.305 e. The Morgan fingerprint density at radius 2 is 0.418 bits per heavy atom. The summed E-state index contributed by atoms with van der Waals surface area (Å²) in [4.78, 5) is 24.8. The molecule has 0 radical (unpaired) electrons. The summed E-state index contributed by atoms with van der Waals surface area (Å²) in [7, 11) is 0. The molecule has 0 fully saturated rings. The van der Waals surface area contributed by atoms with Crippen molar-refractivity contribution in [3.63, 3.8) is 0 Å². The summed E-state index contributed by atoms with van der Waals surface area (Å²) in [6, 6.07) is -0.538. The van der Waals surface area contributed by atoms with E-state index in [1.165, 1.54) is 482 Å². The molecule has 2 atom stereocenters. The number of aliphatic hydroxyl groups excluding tert-OH is 2. The molecule has 0 heterocycles. The van der Waals surface area contributed by atoms with Crippen LogP contribution in [0.3, 0.4) is 0 Å². The molecule has 0 spiro atoms. The Labute approximate surface area is 617 Å².